The van der Waals surface area contributed by atoms with E-state index in [4.69, 9.17) is 0 Å². The molecule has 0 fully saturated rings. The van der Waals surface area contributed by atoms with Crippen molar-refractivity contribution >= 4 is 5.69 Å². The van der Waals surface area contributed by atoms with Crippen LogP contribution in [0.15, 0.2) is 18.3 Å². The summed E-state index contributed by atoms with van der Waals surface area (Å²) in [6.45, 7) is 11.7. The van der Waals surface area contributed by atoms with Gasteiger partial charge in [0.25, 0.3) is 0 Å². The maximum Gasteiger partial charge on any atom is 0.0931 e. The van der Waals surface area contributed by atoms with E-state index in [1.54, 1.807) is 6.92 Å². The van der Waals surface area contributed by atoms with Gasteiger partial charge in [0, 0.05) is 12.6 Å². The first-order chi connectivity index (χ1) is 8.99. The van der Waals surface area contributed by atoms with Crippen LogP contribution in [0.25, 0.3) is 0 Å². The predicted octanol–water partition coefficient (Wildman–Crippen LogP) is 3.79. The van der Waals surface area contributed by atoms with E-state index in [0.717, 1.165) is 30.8 Å². The van der Waals surface area contributed by atoms with Crippen molar-refractivity contribution in [1.29, 1.82) is 0 Å². The van der Waals surface area contributed by atoms with E-state index >= 15 is 0 Å². The molecule has 1 rings (SSSR count). The van der Waals surface area contributed by atoms with Crippen molar-refractivity contribution < 1.29 is 5.11 Å². The third-order valence-electron chi connectivity index (χ3n) is 3.48. The Balaban J connectivity index is 2.96. The second-order valence-corrected chi connectivity index (χ2v) is 5.63. The number of aromatic nitrogens is 1. The molecule has 0 bridgehead atoms. The summed E-state index contributed by atoms with van der Waals surface area (Å²) in [5, 5.41) is 9.52. The van der Waals surface area contributed by atoms with Gasteiger partial charge in [-0.2, -0.15) is 0 Å². The van der Waals surface area contributed by atoms with Gasteiger partial charge >= 0.3 is 0 Å². The van der Waals surface area contributed by atoms with Crippen LogP contribution in [0.5, 0.6) is 0 Å². The van der Waals surface area contributed by atoms with Crippen LogP contribution in [0.3, 0.4) is 0 Å². The van der Waals surface area contributed by atoms with Gasteiger partial charge in [0.15, 0.2) is 0 Å². The minimum Gasteiger partial charge on any atom is -0.387 e. The zero-order valence-corrected chi connectivity index (χ0v) is 12.9. The van der Waals surface area contributed by atoms with Crippen molar-refractivity contribution in [3.63, 3.8) is 0 Å². The molecule has 0 spiro atoms. The van der Waals surface area contributed by atoms with Gasteiger partial charge in [0.1, 0.15) is 0 Å². The normalized spacial score (nSPS) is 13.1. The smallest absolute Gasteiger partial charge is 0.0931 e. The third-order valence-corrected chi connectivity index (χ3v) is 3.48. The van der Waals surface area contributed by atoms with E-state index in [1.165, 1.54) is 0 Å². The predicted molar refractivity (Wildman–Crippen MR) is 81.4 cm³/mol. The zero-order chi connectivity index (χ0) is 14.4. The van der Waals surface area contributed by atoms with Crippen molar-refractivity contribution in [2.24, 2.45) is 5.92 Å². The van der Waals surface area contributed by atoms with Gasteiger partial charge in [-0.3, -0.25) is 4.98 Å². The molecule has 1 aromatic heterocycles. The Bertz CT molecular complexity index is 356. The van der Waals surface area contributed by atoms with Gasteiger partial charge in [0.2, 0.25) is 0 Å². The van der Waals surface area contributed by atoms with Gasteiger partial charge in [-0.05, 0) is 37.8 Å². The molecular weight excluding hydrogens is 236 g/mol. The number of hydrogen-bond acceptors (Lipinski definition) is 3. The number of rotatable bonds is 7. The summed E-state index contributed by atoms with van der Waals surface area (Å²) < 4.78 is 0. The lowest BCUT2D eigenvalue weighted by Gasteiger charge is -2.34. The molecule has 1 N–H and O–H groups in total. The minimum atomic E-state index is -0.499. The Hall–Kier alpha value is -1.09. The van der Waals surface area contributed by atoms with Crippen molar-refractivity contribution in [3.8, 4) is 0 Å². The first-order valence-corrected chi connectivity index (χ1v) is 7.40. The fourth-order valence-electron chi connectivity index (χ4n) is 2.40. The summed E-state index contributed by atoms with van der Waals surface area (Å²) in [5.41, 5.74) is 1.89. The van der Waals surface area contributed by atoms with E-state index in [-0.39, 0.29) is 0 Å². The average molecular weight is 264 g/mol. The maximum absolute atomic E-state index is 9.52. The van der Waals surface area contributed by atoms with Crippen LogP contribution in [0.1, 0.15) is 59.3 Å². The molecule has 0 aliphatic carbocycles. The number of aliphatic hydroxyl groups is 1. The highest BCUT2D eigenvalue weighted by molar-refractivity contribution is 5.46. The standard InChI is InChI=1S/C16H28N2O/c1-6-14(7-2)18(11-12(3)4)15-8-9-16(13(5)19)17-10-15/h8-10,12-14,19H,6-7,11H2,1-5H3/t13-/m1/s1. The molecule has 0 aliphatic heterocycles. The quantitative estimate of drug-likeness (QED) is 0.814. The molecule has 0 radical (unpaired) electrons. The van der Waals surface area contributed by atoms with Crippen molar-refractivity contribution in [1.82, 2.24) is 4.98 Å². The van der Waals surface area contributed by atoms with E-state index < -0.39 is 6.10 Å². The molecular formula is C16H28N2O. The number of pyridine rings is 1. The third kappa shape index (κ3) is 4.50. The zero-order valence-electron chi connectivity index (χ0n) is 12.9. The van der Waals surface area contributed by atoms with Gasteiger partial charge < -0.3 is 10.0 Å². The fourth-order valence-corrected chi connectivity index (χ4v) is 2.40. The summed E-state index contributed by atoms with van der Waals surface area (Å²) in [6.07, 6.45) is 3.67. The molecule has 0 amide bonds. The molecule has 3 nitrogen and oxygen atoms in total. The Morgan fingerprint density at radius 3 is 2.16 bits per heavy atom. The van der Waals surface area contributed by atoms with Crippen LogP contribution in [0, 0.1) is 5.92 Å². The Kier molecular flexibility index (Phi) is 6.29. The summed E-state index contributed by atoms with van der Waals surface area (Å²) in [4.78, 5) is 6.81. The van der Waals surface area contributed by atoms with Crippen LogP contribution in [-0.2, 0) is 0 Å². The molecule has 0 unspecified atom stereocenters. The topological polar surface area (TPSA) is 36.4 Å². The first kappa shape index (κ1) is 16.0. The van der Waals surface area contributed by atoms with Crippen molar-refractivity contribution in [2.45, 2.75) is 59.6 Å². The largest absolute Gasteiger partial charge is 0.387 e. The first-order valence-electron chi connectivity index (χ1n) is 7.40. The minimum absolute atomic E-state index is 0.499. The Morgan fingerprint density at radius 2 is 1.79 bits per heavy atom. The maximum atomic E-state index is 9.52. The molecule has 1 heterocycles. The highest BCUT2D eigenvalue weighted by Crippen LogP contribution is 2.22. The van der Waals surface area contributed by atoms with Gasteiger partial charge in [-0.25, -0.2) is 0 Å². The van der Waals surface area contributed by atoms with Crippen molar-refractivity contribution in [3.05, 3.63) is 24.0 Å². The van der Waals surface area contributed by atoms with Gasteiger partial charge in [-0.15, -0.1) is 0 Å². The monoisotopic (exact) mass is 264 g/mol. The number of aliphatic hydroxyl groups excluding tert-OH is 1. The summed E-state index contributed by atoms with van der Waals surface area (Å²) in [5.74, 6) is 0.622. The second kappa shape index (κ2) is 7.49. The van der Waals surface area contributed by atoms with Gasteiger partial charge in [-0.1, -0.05) is 27.7 Å². The molecule has 0 saturated carbocycles. The molecule has 108 valence electrons. The van der Waals surface area contributed by atoms with Crippen LogP contribution >= 0.6 is 0 Å². The van der Waals surface area contributed by atoms with Gasteiger partial charge in [0.05, 0.1) is 23.7 Å². The van der Waals surface area contributed by atoms with E-state index in [9.17, 15) is 5.11 Å². The SMILES string of the molecule is CCC(CC)N(CC(C)C)c1ccc([C@@H](C)O)nc1. The van der Waals surface area contributed by atoms with E-state index in [2.05, 4.69) is 43.6 Å². The Labute approximate surface area is 117 Å². The summed E-state index contributed by atoms with van der Waals surface area (Å²) >= 11 is 0. The van der Waals surface area contributed by atoms with Crippen LogP contribution in [0.4, 0.5) is 5.69 Å². The number of nitrogens with zero attached hydrogens (tertiary/aromatic N) is 2. The highest BCUT2D eigenvalue weighted by Gasteiger charge is 2.17. The van der Waals surface area contributed by atoms with E-state index in [0.29, 0.717) is 12.0 Å². The molecule has 0 saturated heterocycles. The molecule has 0 aliphatic rings. The molecule has 0 aromatic carbocycles. The van der Waals surface area contributed by atoms with Crippen LogP contribution in [-0.4, -0.2) is 22.7 Å². The molecule has 3 heteroatoms. The number of hydrogen-bond donors (Lipinski definition) is 1. The molecule has 19 heavy (non-hydrogen) atoms. The lowest BCUT2D eigenvalue weighted by atomic mass is 10.1. The lowest BCUT2D eigenvalue weighted by molar-refractivity contribution is 0.194. The van der Waals surface area contributed by atoms with Crippen molar-refractivity contribution in [2.75, 3.05) is 11.4 Å². The summed E-state index contributed by atoms with van der Waals surface area (Å²) in [6, 6.07) is 4.56. The second-order valence-electron chi connectivity index (χ2n) is 5.63. The molecule has 1 atom stereocenters. The van der Waals surface area contributed by atoms with Crippen LogP contribution < -0.4 is 4.90 Å². The lowest BCUT2D eigenvalue weighted by Crippen LogP contribution is -2.37. The Morgan fingerprint density at radius 1 is 1.16 bits per heavy atom. The van der Waals surface area contributed by atoms with E-state index in [1.807, 2.05) is 12.3 Å². The fraction of sp³-hybridized carbons (Fsp3) is 0.688. The molecule has 1 aromatic rings. The number of anilines is 1. The summed E-state index contributed by atoms with van der Waals surface area (Å²) in [7, 11) is 0. The average Bonchev–Trinajstić information content (AvgIpc) is 2.38. The van der Waals surface area contributed by atoms with Crippen LogP contribution in [0.2, 0.25) is 0 Å². The highest BCUT2D eigenvalue weighted by atomic mass is 16.3.